The molecule has 0 N–H and O–H groups in total. The van der Waals surface area contributed by atoms with Crippen LogP contribution in [0.3, 0.4) is 0 Å². The van der Waals surface area contributed by atoms with Crippen LogP contribution < -0.4 is 0 Å². The highest BCUT2D eigenvalue weighted by Crippen LogP contribution is 2.45. The lowest BCUT2D eigenvalue weighted by atomic mass is 9.67. The number of carbonyl (C=O) groups is 1. The second-order valence-electron chi connectivity index (χ2n) is 7.85. The van der Waals surface area contributed by atoms with Crippen LogP contribution in [0, 0.1) is 17.8 Å². The molecule has 0 spiro atoms. The Kier molecular flexibility index (Phi) is 5.19. The number of unbranched alkanes of at least 4 members (excludes halogenated alkanes) is 1. The Morgan fingerprint density at radius 1 is 0.905 bits per heavy atom. The summed E-state index contributed by atoms with van der Waals surface area (Å²) in [7, 11) is 0. The van der Waals surface area contributed by atoms with Gasteiger partial charge in [0.1, 0.15) is 5.78 Å². The van der Waals surface area contributed by atoms with E-state index in [0.717, 1.165) is 37.0 Å². The van der Waals surface area contributed by atoms with Crippen molar-refractivity contribution in [1.82, 2.24) is 0 Å². The van der Waals surface area contributed by atoms with E-state index in [9.17, 15) is 4.79 Å². The maximum Gasteiger partial charge on any atom is 0.137 e. The third kappa shape index (κ3) is 3.79. The van der Waals surface area contributed by atoms with Crippen molar-refractivity contribution < 1.29 is 4.79 Å². The predicted octanol–water partition coefficient (Wildman–Crippen LogP) is 5.83. The molecule has 0 aromatic carbocycles. The molecule has 21 heavy (non-hydrogen) atoms. The summed E-state index contributed by atoms with van der Waals surface area (Å²) in [6.07, 6.45) is 16.9. The van der Waals surface area contributed by atoms with Crippen molar-refractivity contribution in [2.24, 2.45) is 17.8 Å². The van der Waals surface area contributed by atoms with Crippen molar-refractivity contribution in [2.45, 2.75) is 90.4 Å². The standard InChI is InChI=1S/C20H32O/c1-2-3-4-15-5-7-16(8-6-15)17-9-10-19-14-20(21)12-11-18(19)13-17/h15-17H,2-14H2,1H3. The Hall–Kier alpha value is -0.590. The highest BCUT2D eigenvalue weighted by Gasteiger charge is 2.32. The van der Waals surface area contributed by atoms with Gasteiger partial charge < -0.3 is 0 Å². The summed E-state index contributed by atoms with van der Waals surface area (Å²) in [5.74, 6) is 3.47. The molecule has 0 heterocycles. The number of allylic oxidation sites excluding steroid dienone is 2. The summed E-state index contributed by atoms with van der Waals surface area (Å²) in [5.41, 5.74) is 3.23. The van der Waals surface area contributed by atoms with Crippen molar-refractivity contribution in [1.29, 1.82) is 0 Å². The highest BCUT2D eigenvalue weighted by atomic mass is 16.1. The van der Waals surface area contributed by atoms with E-state index in [1.165, 1.54) is 64.2 Å². The van der Waals surface area contributed by atoms with Crippen LogP contribution in [0.4, 0.5) is 0 Å². The van der Waals surface area contributed by atoms with Gasteiger partial charge in [0.05, 0.1) is 0 Å². The Morgan fingerprint density at radius 3 is 2.48 bits per heavy atom. The molecule has 1 nitrogen and oxygen atoms in total. The molecular formula is C20H32O. The number of carbonyl (C=O) groups excluding carboxylic acids is 1. The topological polar surface area (TPSA) is 17.1 Å². The predicted molar refractivity (Wildman–Crippen MR) is 88.2 cm³/mol. The fraction of sp³-hybridized carbons (Fsp3) is 0.850. The molecule has 0 radical (unpaired) electrons. The lowest BCUT2D eigenvalue weighted by molar-refractivity contribution is -0.118. The van der Waals surface area contributed by atoms with Gasteiger partial charge in [0.25, 0.3) is 0 Å². The van der Waals surface area contributed by atoms with E-state index in [4.69, 9.17) is 0 Å². The molecule has 0 saturated heterocycles. The minimum atomic E-state index is 0.489. The highest BCUT2D eigenvalue weighted by molar-refractivity contribution is 5.82. The Balaban J connectivity index is 1.50. The monoisotopic (exact) mass is 288 g/mol. The molecule has 0 bridgehead atoms. The van der Waals surface area contributed by atoms with Crippen LogP contribution in [-0.4, -0.2) is 5.78 Å². The van der Waals surface area contributed by atoms with Gasteiger partial charge in [-0.1, -0.05) is 50.2 Å². The third-order valence-electron chi connectivity index (χ3n) is 6.47. The van der Waals surface area contributed by atoms with Gasteiger partial charge >= 0.3 is 0 Å². The molecule has 1 fully saturated rings. The molecule has 1 unspecified atom stereocenters. The first-order valence-corrected chi connectivity index (χ1v) is 9.47. The lowest BCUT2D eigenvalue weighted by Gasteiger charge is -2.38. The zero-order valence-corrected chi connectivity index (χ0v) is 13.8. The van der Waals surface area contributed by atoms with E-state index < -0.39 is 0 Å². The normalized spacial score (nSPS) is 34.0. The van der Waals surface area contributed by atoms with E-state index in [-0.39, 0.29) is 0 Å². The van der Waals surface area contributed by atoms with Gasteiger partial charge in [-0.05, 0) is 56.3 Å². The molecule has 1 heteroatoms. The molecule has 0 amide bonds. The fourth-order valence-electron chi connectivity index (χ4n) is 5.05. The second-order valence-corrected chi connectivity index (χ2v) is 7.85. The summed E-state index contributed by atoms with van der Waals surface area (Å²) in [6, 6.07) is 0. The van der Waals surface area contributed by atoms with Crippen LogP contribution in [0.25, 0.3) is 0 Å². The van der Waals surface area contributed by atoms with Gasteiger partial charge in [-0.25, -0.2) is 0 Å². The summed E-state index contributed by atoms with van der Waals surface area (Å²) in [5, 5.41) is 0. The molecule has 1 saturated carbocycles. The van der Waals surface area contributed by atoms with Crippen LogP contribution in [0.2, 0.25) is 0 Å². The SMILES string of the molecule is CCCCC1CCC(C2CCC3=C(CCC(=O)C3)C2)CC1. The van der Waals surface area contributed by atoms with Crippen molar-refractivity contribution >= 4 is 5.78 Å². The van der Waals surface area contributed by atoms with Crippen LogP contribution in [0.5, 0.6) is 0 Å². The number of hydrogen-bond donors (Lipinski definition) is 0. The molecule has 118 valence electrons. The first kappa shape index (κ1) is 15.3. The zero-order valence-electron chi connectivity index (χ0n) is 13.8. The summed E-state index contributed by atoms with van der Waals surface area (Å²) >= 11 is 0. The van der Waals surface area contributed by atoms with Gasteiger partial charge in [-0.3, -0.25) is 4.79 Å². The Bertz CT molecular complexity index is 398. The molecule has 0 aromatic heterocycles. The van der Waals surface area contributed by atoms with Gasteiger partial charge in [0.2, 0.25) is 0 Å². The fourth-order valence-corrected chi connectivity index (χ4v) is 5.05. The molecule has 0 aliphatic heterocycles. The largest absolute Gasteiger partial charge is 0.299 e. The number of ketones is 1. The number of rotatable bonds is 4. The zero-order chi connectivity index (χ0) is 14.7. The van der Waals surface area contributed by atoms with Gasteiger partial charge in [0, 0.05) is 12.8 Å². The van der Waals surface area contributed by atoms with E-state index in [1.54, 1.807) is 11.1 Å². The van der Waals surface area contributed by atoms with Crippen molar-refractivity contribution in [3.05, 3.63) is 11.1 Å². The van der Waals surface area contributed by atoms with E-state index >= 15 is 0 Å². The minimum absolute atomic E-state index is 0.489. The molecule has 3 aliphatic carbocycles. The van der Waals surface area contributed by atoms with Crippen LogP contribution in [0.1, 0.15) is 90.4 Å². The molecule has 3 rings (SSSR count). The smallest absolute Gasteiger partial charge is 0.137 e. The van der Waals surface area contributed by atoms with Crippen LogP contribution >= 0.6 is 0 Å². The molecule has 3 aliphatic rings. The van der Waals surface area contributed by atoms with Gasteiger partial charge in [0.15, 0.2) is 0 Å². The van der Waals surface area contributed by atoms with Crippen LogP contribution in [-0.2, 0) is 4.79 Å². The summed E-state index contributed by atoms with van der Waals surface area (Å²) in [6.45, 7) is 2.31. The summed E-state index contributed by atoms with van der Waals surface area (Å²) in [4.78, 5) is 11.6. The Labute approximate surface area is 130 Å². The van der Waals surface area contributed by atoms with Crippen molar-refractivity contribution in [3.63, 3.8) is 0 Å². The second kappa shape index (κ2) is 7.11. The first-order valence-electron chi connectivity index (χ1n) is 9.47. The van der Waals surface area contributed by atoms with E-state index in [2.05, 4.69) is 6.92 Å². The van der Waals surface area contributed by atoms with Crippen LogP contribution in [0.15, 0.2) is 11.1 Å². The number of Topliss-reactive ketones (excluding diaryl/α,β-unsaturated/α-hetero) is 1. The third-order valence-corrected chi connectivity index (χ3v) is 6.47. The van der Waals surface area contributed by atoms with E-state index in [0.29, 0.717) is 5.78 Å². The quantitative estimate of drug-likeness (QED) is 0.594. The lowest BCUT2D eigenvalue weighted by Crippen LogP contribution is -2.26. The summed E-state index contributed by atoms with van der Waals surface area (Å²) < 4.78 is 0. The maximum atomic E-state index is 11.6. The number of hydrogen-bond acceptors (Lipinski definition) is 1. The van der Waals surface area contributed by atoms with Gasteiger partial charge in [-0.15, -0.1) is 0 Å². The maximum absolute atomic E-state index is 11.6. The van der Waals surface area contributed by atoms with E-state index in [1.807, 2.05) is 0 Å². The Morgan fingerprint density at radius 2 is 1.71 bits per heavy atom. The average Bonchev–Trinajstić information content (AvgIpc) is 2.53. The van der Waals surface area contributed by atoms with Crippen molar-refractivity contribution in [2.75, 3.05) is 0 Å². The molecule has 0 aromatic rings. The molecule has 1 atom stereocenters. The average molecular weight is 288 g/mol. The minimum Gasteiger partial charge on any atom is -0.299 e. The molecular weight excluding hydrogens is 256 g/mol. The van der Waals surface area contributed by atoms with Gasteiger partial charge in [-0.2, -0.15) is 0 Å². The van der Waals surface area contributed by atoms with Crippen molar-refractivity contribution in [3.8, 4) is 0 Å². The first-order chi connectivity index (χ1) is 10.3.